The van der Waals surface area contributed by atoms with E-state index in [2.05, 4.69) is 6.07 Å². The van der Waals surface area contributed by atoms with Crippen molar-refractivity contribution in [3.8, 4) is 28.0 Å². The number of aromatic hydroxyl groups is 1. The molecular formula is C24H18O2. The van der Waals surface area contributed by atoms with Crippen molar-refractivity contribution in [2.24, 2.45) is 0 Å². The predicted octanol–water partition coefficient (Wildman–Crippen LogP) is 6.00. The van der Waals surface area contributed by atoms with Gasteiger partial charge in [0.25, 0.3) is 0 Å². The Morgan fingerprint density at radius 2 is 1.31 bits per heavy atom. The molecule has 0 spiro atoms. The van der Waals surface area contributed by atoms with Crippen LogP contribution in [0.4, 0.5) is 0 Å². The van der Waals surface area contributed by atoms with Crippen molar-refractivity contribution in [3.63, 3.8) is 0 Å². The minimum absolute atomic E-state index is 0.0357. The fourth-order valence-corrected chi connectivity index (χ4v) is 3.53. The summed E-state index contributed by atoms with van der Waals surface area (Å²) in [5, 5.41) is 12.5. The topological polar surface area (TPSA) is 37.3 Å². The second kappa shape index (κ2) is 6.49. The van der Waals surface area contributed by atoms with Gasteiger partial charge in [0.1, 0.15) is 5.75 Å². The molecule has 0 aliphatic carbocycles. The van der Waals surface area contributed by atoms with Crippen LogP contribution in [0, 0.1) is 6.92 Å². The minimum Gasteiger partial charge on any atom is -0.507 e. The first-order valence-electron chi connectivity index (χ1n) is 8.56. The summed E-state index contributed by atoms with van der Waals surface area (Å²) in [6, 6.07) is 25.7. The number of hydrogen-bond donors (Lipinski definition) is 1. The molecule has 0 heterocycles. The van der Waals surface area contributed by atoms with Gasteiger partial charge in [0.05, 0.1) is 5.56 Å². The molecule has 0 radical (unpaired) electrons. The first-order chi connectivity index (χ1) is 12.7. The van der Waals surface area contributed by atoms with E-state index in [9.17, 15) is 9.90 Å². The Labute approximate surface area is 152 Å². The van der Waals surface area contributed by atoms with Crippen molar-refractivity contribution in [1.82, 2.24) is 0 Å². The van der Waals surface area contributed by atoms with Gasteiger partial charge in [0, 0.05) is 10.9 Å². The molecule has 1 N–H and O–H groups in total. The van der Waals surface area contributed by atoms with Crippen LogP contribution in [0.2, 0.25) is 0 Å². The van der Waals surface area contributed by atoms with Gasteiger partial charge in [-0.1, -0.05) is 84.4 Å². The second-order valence-electron chi connectivity index (χ2n) is 6.41. The molecule has 0 aliphatic heterocycles. The number of phenols is 1. The second-order valence-corrected chi connectivity index (χ2v) is 6.41. The van der Waals surface area contributed by atoms with Gasteiger partial charge in [-0.2, -0.15) is 0 Å². The van der Waals surface area contributed by atoms with E-state index in [0.29, 0.717) is 10.9 Å². The van der Waals surface area contributed by atoms with Crippen LogP contribution in [-0.4, -0.2) is 11.4 Å². The van der Waals surface area contributed by atoms with Crippen LogP contribution in [0.5, 0.6) is 5.75 Å². The molecule has 0 aliphatic rings. The third-order valence-corrected chi connectivity index (χ3v) is 4.72. The Bertz CT molecular complexity index is 1100. The van der Waals surface area contributed by atoms with Crippen LogP contribution < -0.4 is 0 Å². The molecule has 126 valence electrons. The highest BCUT2D eigenvalue weighted by Gasteiger charge is 2.21. The van der Waals surface area contributed by atoms with Gasteiger partial charge in [-0.15, -0.1) is 0 Å². The normalized spacial score (nSPS) is 10.8. The van der Waals surface area contributed by atoms with Crippen LogP contribution in [0.3, 0.4) is 0 Å². The summed E-state index contributed by atoms with van der Waals surface area (Å²) in [5.74, 6) is 0.0357. The van der Waals surface area contributed by atoms with E-state index in [4.69, 9.17) is 0 Å². The molecule has 2 heteroatoms. The van der Waals surface area contributed by atoms with Gasteiger partial charge in [-0.3, -0.25) is 4.79 Å². The van der Waals surface area contributed by atoms with Crippen molar-refractivity contribution >= 4 is 17.1 Å². The first kappa shape index (κ1) is 16.1. The molecule has 0 unspecified atom stereocenters. The molecule has 4 rings (SSSR count). The van der Waals surface area contributed by atoms with E-state index in [1.54, 1.807) is 0 Å². The van der Waals surface area contributed by atoms with Crippen molar-refractivity contribution in [3.05, 3.63) is 90.0 Å². The zero-order valence-electron chi connectivity index (χ0n) is 14.4. The number of phenolic OH excluding ortho intramolecular Hbond substituents is 1. The number of rotatable bonds is 3. The fourth-order valence-electron chi connectivity index (χ4n) is 3.53. The predicted molar refractivity (Wildman–Crippen MR) is 107 cm³/mol. The molecule has 0 aromatic heterocycles. The van der Waals surface area contributed by atoms with Crippen LogP contribution in [0.15, 0.2) is 78.9 Å². The summed E-state index contributed by atoms with van der Waals surface area (Å²) < 4.78 is 0. The number of hydrogen-bond acceptors (Lipinski definition) is 2. The Hall–Kier alpha value is -3.39. The summed E-state index contributed by atoms with van der Waals surface area (Å²) >= 11 is 0. The van der Waals surface area contributed by atoms with Crippen molar-refractivity contribution < 1.29 is 9.90 Å². The average molecular weight is 338 g/mol. The third kappa shape index (κ3) is 2.56. The molecule has 4 aromatic carbocycles. The quantitative estimate of drug-likeness (QED) is 0.465. The van der Waals surface area contributed by atoms with Gasteiger partial charge in [0.15, 0.2) is 6.29 Å². The summed E-state index contributed by atoms with van der Waals surface area (Å²) in [6.45, 7) is 2.03. The van der Waals surface area contributed by atoms with E-state index < -0.39 is 0 Å². The highest BCUT2D eigenvalue weighted by molar-refractivity contribution is 6.13. The van der Waals surface area contributed by atoms with E-state index >= 15 is 0 Å². The van der Waals surface area contributed by atoms with Gasteiger partial charge < -0.3 is 5.11 Å². The SMILES string of the molecule is Cc1ccc2c(O)c(C=O)c(-c3ccccc3)c(-c3ccccc3)c2c1. The zero-order valence-corrected chi connectivity index (χ0v) is 14.4. The molecule has 2 nitrogen and oxygen atoms in total. The molecule has 0 bridgehead atoms. The fraction of sp³-hybridized carbons (Fsp3) is 0.0417. The van der Waals surface area contributed by atoms with E-state index in [1.807, 2.05) is 79.7 Å². The van der Waals surface area contributed by atoms with E-state index in [1.165, 1.54) is 0 Å². The Morgan fingerprint density at radius 3 is 1.88 bits per heavy atom. The molecular weight excluding hydrogens is 320 g/mol. The number of aldehydes is 1. The summed E-state index contributed by atoms with van der Waals surface area (Å²) in [5.41, 5.74) is 5.09. The van der Waals surface area contributed by atoms with Gasteiger partial charge in [0.2, 0.25) is 0 Å². The van der Waals surface area contributed by atoms with Crippen LogP contribution in [0.1, 0.15) is 15.9 Å². The van der Waals surface area contributed by atoms with E-state index in [0.717, 1.165) is 39.5 Å². The average Bonchev–Trinajstić information content (AvgIpc) is 2.69. The lowest BCUT2D eigenvalue weighted by Crippen LogP contribution is -1.96. The maximum Gasteiger partial charge on any atom is 0.154 e. The maximum atomic E-state index is 12.0. The molecule has 0 saturated heterocycles. The molecule has 26 heavy (non-hydrogen) atoms. The highest BCUT2D eigenvalue weighted by atomic mass is 16.3. The van der Waals surface area contributed by atoms with Crippen molar-refractivity contribution in [1.29, 1.82) is 0 Å². The smallest absolute Gasteiger partial charge is 0.154 e. The highest BCUT2D eigenvalue weighted by Crippen LogP contribution is 2.45. The summed E-state index contributed by atoms with van der Waals surface area (Å²) in [7, 11) is 0. The number of aryl methyl sites for hydroxylation is 1. The van der Waals surface area contributed by atoms with Gasteiger partial charge >= 0.3 is 0 Å². The minimum atomic E-state index is 0.0357. The zero-order chi connectivity index (χ0) is 18.1. The van der Waals surface area contributed by atoms with Crippen LogP contribution in [0.25, 0.3) is 33.0 Å². The number of carbonyl (C=O) groups is 1. The molecule has 4 aromatic rings. The molecule has 0 saturated carbocycles. The summed E-state index contributed by atoms with van der Waals surface area (Å²) in [4.78, 5) is 12.0. The molecule has 0 amide bonds. The number of carbonyl (C=O) groups excluding carboxylic acids is 1. The summed E-state index contributed by atoms with van der Waals surface area (Å²) in [6.07, 6.45) is 0.753. The lowest BCUT2D eigenvalue weighted by atomic mass is 9.85. The lowest BCUT2D eigenvalue weighted by Gasteiger charge is -2.18. The Balaban J connectivity index is 2.25. The van der Waals surface area contributed by atoms with Crippen LogP contribution in [-0.2, 0) is 0 Å². The molecule has 0 fully saturated rings. The van der Waals surface area contributed by atoms with Gasteiger partial charge in [-0.25, -0.2) is 0 Å². The van der Waals surface area contributed by atoms with E-state index in [-0.39, 0.29) is 5.75 Å². The largest absolute Gasteiger partial charge is 0.507 e. The lowest BCUT2D eigenvalue weighted by molar-refractivity contribution is 0.112. The Kier molecular flexibility index (Phi) is 4.02. The van der Waals surface area contributed by atoms with Crippen LogP contribution >= 0.6 is 0 Å². The standard InChI is InChI=1S/C24H18O2/c1-16-12-13-19-20(14-16)22(17-8-4-2-5-9-17)23(21(15-25)24(19)26)18-10-6-3-7-11-18/h2-15,26H,1H3. The van der Waals surface area contributed by atoms with Crippen molar-refractivity contribution in [2.45, 2.75) is 6.92 Å². The molecule has 0 atom stereocenters. The first-order valence-corrected chi connectivity index (χ1v) is 8.56. The maximum absolute atomic E-state index is 12.0. The van der Waals surface area contributed by atoms with Crippen molar-refractivity contribution in [2.75, 3.05) is 0 Å². The monoisotopic (exact) mass is 338 g/mol. The number of benzene rings is 4. The van der Waals surface area contributed by atoms with Gasteiger partial charge in [-0.05, 0) is 29.0 Å². The Morgan fingerprint density at radius 1 is 0.731 bits per heavy atom. The third-order valence-electron chi connectivity index (χ3n) is 4.72. The number of fused-ring (bicyclic) bond motifs is 1.